The zero-order chi connectivity index (χ0) is 29.1. The van der Waals surface area contributed by atoms with Crippen molar-refractivity contribution in [3.05, 3.63) is 118 Å². The molecule has 4 rings (SSSR count). The van der Waals surface area contributed by atoms with Crippen LogP contribution in [0.25, 0.3) is 0 Å². The first-order valence-corrected chi connectivity index (χ1v) is 10.3. The summed E-state index contributed by atoms with van der Waals surface area (Å²) in [6.07, 6.45) is -5.24. The molecule has 0 atom stereocenters. The molecule has 204 valence electrons. The van der Waals surface area contributed by atoms with Gasteiger partial charge in [0, 0.05) is 0 Å². The molecule has 0 radical (unpaired) electrons. The minimum absolute atomic E-state index is 0.00807. The molecule has 0 unspecified atom stereocenters. The van der Waals surface area contributed by atoms with Crippen LogP contribution in [0.4, 0.5) is 61.5 Å². The third-order valence-corrected chi connectivity index (χ3v) is 6.27. The number of hydrogen-bond acceptors (Lipinski definition) is 0. The SMILES string of the molecule is Fc1ccc([B-](c2ccc(F)c(F)c2F)(c2ccc(F)c(F)c2F)c2c(F)c(F)c(F)c(F)c2F)c(F)c1F. The van der Waals surface area contributed by atoms with Crippen LogP contribution in [-0.4, -0.2) is 6.15 Å². The predicted molar refractivity (Wildman–Crippen MR) is 109 cm³/mol. The van der Waals surface area contributed by atoms with Crippen LogP contribution in [0.1, 0.15) is 0 Å². The van der Waals surface area contributed by atoms with E-state index in [4.69, 9.17) is 0 Å². The molecule has 0 heterocycles. The number of hydrogen-bond donors (Lipinski definition) is 0. The van der Waals surface area contributed by atoms with Crippen LogP contribution < -0.4 is 21.9 Å². The van der Waals surface area contributed by atoms with E-state index in [0.29, 0.717) is 0 Å². The molecule has 0 aliphatic heterocycles. The molecular formula is C24H6BF14-. The lowest BCUT2D eigenvalue weighted by molar-refractivity contribution is 0.384. The summed E-state index contributed by atoms with van der Waals surface area (Å²) in [5.41, 5.74) is -7.84. The molecule has 0 spiro atoms. The minimum Gasteiger partial charge on any atom is -0.207 e. The van der Waals surface area contributed by atoms with Crippen molar-refractivity contribution in [3.8, 4) is 0 Å². The van der Waals surface area contributed by atoms with Crippen LogP contribution in [0.3, 0.4) is 0 Å². The largest absolute Gasteiger partial charge is 0.207 e. The van der Waals surface area contributed by atoms with E-state index in [0.717, 1.165) is 0 Å². The highest BCUT2D eigenvalue weighted by Crippen LogP contribution is 2.25. The maximum atomic E-state index is 15.3. The summed E-state index contributed by atoms with van der Waals surface area (Å²) >= 11 is 0. The maximum Gasteiger partial charge on any atom is 0.200 e. The fourth-order valence-corrected chi connectivity index (χ4v) is 4.60. The Kier molecular flexibility index (Phi) is 6.90. The van der Waals surface area contributed by atoms with Crippen molar-refractivity contribution in [2.24, 2.45) is 0 Å². The Hall–Kier alpha value is -4.04. The van der Waals surface area contributed by atoms with Crippen molar-refractivity contribution >= 4 is 28.0 Å². The monoisotopic (exact) mass is 571 g/mol. The molecule has 0 aliphatic carbocycles. The van der Waals surface area contributed by atoms with Crippen molar-refractivity contribution in [2.75, 3.05) is 0 Å². The normalized spacial score (nSPS) is 11.8. The van der Waals surface area contributed by atoms with Gasteiger partial charge < -0.3 is 0 Å². The first kappa shape index (κ1) is 28.0. The van der Waals surface area contributed by atoms with Crippen LogP contribution >= 0.6 is 0 Å². The predicted octanol–water partition coefficient (Wildman–Crippen LogP) is 5.01. The second-order valence-electron chi connectivity index (χ2n) is 8.14. The van der Waals surface area contributed by atoms with Crippen LogP contribution in [-0.2, 0) is 0 Å². The molecule has 4 aromatic rings. The van der Waals surface area contributed by atoms with Crippen LogP contribution in [0, 0.1) is 81.4 Å². The Labute approximate surface area is 208 Å². The van der Waals surface area contributed by atoms with Crippen molar-refractivity contribution in [3.63, 3.8) is 0 Å². The second kappa shape index (κ2) is 9.61. The lowest BCUT2D eigenvalue weighted by Crippen LogP contribution is -2.78. The summed E-state index contributed by atoms with van der Waals surface area (Å²) in [7, 11) is 0. The van der Waals surface area contributed by atoms with Crippen LogP contribution in [0.5, 0.6) is 0 Å². The van der Waals surface area contributed by atoms with E-state index >= 15 is 22.0 Å². The summed E-state index contributed by atoms with van der Waals surface area (Å²) in [5.74, 6) is -35.7. The summed E-state index contributed by atoms with van der Waals surface area (Å²) < 4.78 is 204. The molecular weight excluding hydrogens is 565 g/mol. The van der Waals surface area contributed by atoms with Crippen LogP contribution in [0.15, 0.2) is 36.4 Å². The van der Waals surface area contributed by atoms with E-state index in [-0.39, 0.29) is 36.4 Å². The Balaban J connectivity index is 2.47. The molecule has 0 saturated heterocycles. The first-order chi connectivity index (χ1) is 18.2. The first-order valence-electron chi connectivity index (χ1n) is 10.3. The summed E-state index contributed by atoms with van der Waals surface area (Å²) in [6, 6.07) is 0.0805. The van der Waals surface area contributed by atoms with E-state index in [2.05, 4.69) is 0 Å². The molecule has 39 heavy (non-hydrogen) atoms. The third kappa shape index (κ3) is 3.85. The van der Waals surface area contributed by atoms with Gasteiger partial charge in [-0.3, -0.25) is 0 Å². The summed E-state index contributed by atoms with van der Waals surface area (Å²) in [6.45, 7) is 0. The van der Waals surface area contributed by atoms with Gasteiger partial charge in [-0.1, -0.05) is 18.2 Å². The van der Waals surface area contributed by atoms with Gasteiger partial charge in [-0.25, -0.2) is 61.5 Å². The van der Waals surface area contributed by atoms with E-state index in [1.165, 1.54) is 0 Å². The lowest BCUT2D eigenvalue weighted by Gasteiger charge is -2.44. The van der Waals surface area contributed by atoms with Gasteiger partial charge in [0.1, 0.15) is 35.2 Å². The quantitative estimate of drug-likeness (QED) is 0.140. The Morgan fingerprint density at radius 2 is 0.538 bits per heavy atom. The smallest absolute Gasteiger partial charge is 0.200 e. The topological polar surface area (TPSA) is 0 Å². The zero-order valence-electron chi connectivity index (χ0n) is 18.3. The van der Waals surface area contributed by atoms with Gasteiger partial charge in [0.15, 0.2) is 52.4 Å². The third-order valence-electron chi connectivity index (χ3n) is 6.27. The molecule has 0 aliphatic rings. The van der Waals surface area contributed by atoms with E-state index < -0.39 is 109 Å². The minimum atomic E-state index is -5.24. The van der Waals surface area contributed by atoms with Gasteiger partial charge in [0.2, 0.25) is 0 Å². The molecule has 15 heteroatoms. The van der Waals surface area contributed by atoms with Gasteiger partial charge in [-0.2, -0.15) is 16.4 Å². The summed E-state index contributed by atoms with van der Waals surface area (Å²) in [5, 5.41) is 0. The Morgan fingerprint density at radius 3 is 0.821 bits per heavy atom. The van der Waals surface area contributed by atoms with Gasteiger partial charge in [0.25, 0.3) is 0 Å². The van der Waals surface area contributed by atoms with Crippen molar-refractivity contribution in [1.82, 2.24) is 0 Å². The number of halogens is 14. The van der Waals surface area contributed by atoms with Gasteiger partial charge >= 0.3 is 0 Å². The number of rotatable bonds is 4. The van der Waals surface area contributed by atoms with Crippen LogP contribution in [0.2, 0.25) is 0 Å². The zero-order valence-corrected chi connectivity index (χ0v) is 18.3. The van der Waals surface area contributed by atoms with Crippen molar-refractivity contribution < 1.29 is 61.5 Å². The van der Waals surface area contributed by atoms with E-state index in [1.807, 2.05) is 0 Å². The van der Waals surface area contributed by atoms with Gasteiger partial charge in [0.05, 0.1) is 0 Å². The Morgan fingerprint density at radius 1 is 0.282 bits per heavy atom. The maximum absolute atomic E-state index is 15.3. The highest BCUT2D eigenvalue weighted by molar-refractivity contribution is 7.20. The average molecular weight is 571 g/mol. The molecule has 0 N–H and O–H groups in total. The molecule has 4 aromatic carbocycles. The fourth-order valence-electron chi connectivity index (χ4n) is 4.60. The second-order valence-corrected chi connectivity index (χ2v) is 8.14. The molecule has 0 fully saturated rings. The molecule has 0 bridgehead atoms. The highest BCUT2D eigenvalue weighted by Gasteiger charge is 2.45. The molecule has 0 amide bonds. The van der Waals surface area contributed by atoms with Crippen molar-refractivity contribution in [2.45, 2.75) is 0 Å². The molecule has 0 saturated carbocycles. The fraction of sp³-hybridized carbons (Fsp3) is 0. The number of benzene rings is 4. The Bertz CT molecular complexity index is 1500. The van der Waals surface area contributed by atoms with Gasteiger partial charge in [-0.15, -0.1) is 5.46 Å². The molecule has 0 nitrogen and oxygen atoms in total. The average Bonchev–Trinajstić information content (AvgIpc) is 2.90. The van der Waals surface area contributed by atoms with E-state index in [9.17, 15) is 39.5 Å². The van der Waals surface area contributed by atoms with E-state index in [1.54, 1.807) is 0 Å². The highest BCUT2D eigenvalue weighted by atomic mass is 19.2. The standard InChI is InChI=1S/C24H6BF14/c26-10-4-1-7(14(29)17(10)32)25(8-2-5-11(27)18(33)15(8)30,9-3-6-12(28)19(34)16(9)31)13-20(35)22(37)24(39)23(38)21(13)36/h1-6H/q-1. The molecule has 0 aromatic heterocycles. The van der Waals surface area contributed by atoms with Gasteiger partial charge in [-0.05, 0) is 18.2 Å². The summed E-state index contributed by atoms with van der Waals surface area (Å²) in [4.78, 5) is 0. The lowest BCUT2D eigenvalue weighted by atomic mass is 9.12. The van der Waals surface area contributed by atoms with Crippen molar-refractivity contribution in [1.29, 1.82) is 0 Å².